The maximum absolute atomic E-state index is 13.8. The largest absolute Gasteiger partial charge is 0.496 e. The van der Waals surface area contributed by atoms with Crippen LogP contribution in [0.2, 0.25) is 0 Å². The predicted molar refractivity (Wildman–Crippen MR) is 66.8 cm³/mol. The molecule has 2 rings (SSSR count). The minimum absolute atomic E-state index is 0.310. The lowest BCUT2D eigenvalue weighted by atomic mass is 10.2. The molecular formula is C12H13FN2OS. The summed E-state index contributed by atoms with van der Waals surface area (Å²) in [6.07, 6.45) is 0. The van der Waals surface area contributed by atoms with Crippen LogP contribution in [-0.2, 0) is 6.54 Å². The van der Waals surface area contributed by atoms with Crippen LogP contribution in [0.25, 0.3) is 10.6 Å². The molecule has 0 amide bonds. The summed E-state index contributed by atoms with van der Waals surface area (Å²) in [5.74, 6) is 0.199. The van der Waals surface area contributed by atoms with Crippen LogP contribution in [-0.4, -0.2) is 19.1 Å². The van der Waals surface area contributed by atoms with Crippen LogP contribution in [0.1, 0.15) is 5.69 Å². The quantitative estimate of drug-likeness (QED) is 0.908. The Hall–Kier alpha value is -1.46. The highest BCUT2D eigenvalue weighted by Gasteiger charge is 2.14. The normalized spacial score (nSPS) is 10.5. The molecule has 0 aliphatic carbocycles. The molecule has 0 saturated carbocycles. The second-order valence-electron chi connectivity index (χ2n) is 3.49. The highest BCUT2D eigenvalue weighted by molar-refractivity contribution is 7.13. The van der Waals surface area contributed by atoms with Crippen molar-refractivity contribution in [3.05, 3.63) is 35.1 Å². The summed E-state index contributed by atoms with van der Waals surface area (Å²) in [7, 11) is 3.38. The average molecular weight is 252 g/mol. The number of nitrogens with one attached hydrogen (secondary N) is 1. The smallest absolute Gasteiger partial charge is 0.137 e. The lowest BCUT2D eigenvalue weighted by Gasteiger charge is -2.06. The number of aromatic nitrogens is 1. The Morgan fingerprint density at radius 1 is 1.47 bits per heavy atom. The van der Waals surface area contributed by atoms with E-state index >= 15 is 0 Å². The zero-order chi connectivity index (χ0) is 12.3. The summed E-state index contributed by atoms with van der Waals surface area (Å²) in [6, 6.07) is 4.77. The fourth-order valence-corrected chi connectivity index (χ4v) is 2.44. The number of rotatable bonds is 4. The van der Waals surface area contributed by atoms with Gasteiger partial charge in [0.05, 0.1) is 18.4 Å². The predicted octanol–water partition coefficient (Wildman–Crippen LogP) is 2.68. The molecule has 0 saturated heterocycles. The van der Waals surface area contributed by atoms with Crippen LogP contribution in [0.4, 0.5) is 4.39 Å². The molecule has 3 nitrogen and oxygen atoms in total. The van der Waals surface area contributed by atoms with Crippen molar-refractivity contribution in [2.75, 3.05) is 14.2 Å². The fourth-order valence-electron chi connectivity index (χ4n) is 1.57. The van der Waals surface area contributed by atoms with Gasteiger partial charge < -0.3 is 10.1 Å². The molecule has 0 atom stereocenters. The first-order valence-corrected chi connectivity index (χ1v) is 6.06. The van der Waals surface area contributed by atoms with Gasteiger partial charge in [0.2, 0.25) is 0 Å². The first-order chi connectivity index (χ1) is 8.26. The average Bonchev–Trinajstić information content (AvgIpc) is 2.77. The van der Waals surface area contributed by atoms with Crippen molar-refractivity contribution in [2.45, 2.75) is 6.54 Å². The van der Waals surface area contributed by atoms with Gasteiger partial charge in [0.15, 0.2) is 0 Å². The van der Waals surface area contributed by atoms with E-state index < -0.39 is 0 Å². The van der Waals surface area contributed by atoms with E-state index in [0.29, 0.717) is 22.9 Å². The molecule has 0 fully saturated rings. The molecule has 1 aromatic carbocycles. The Morgan fingerprint density at radius 2 is 2.29 bits per heavy atom. The summed E-state index contributed by atoms with van der Waals surface area (Å²) in [6.45, 7) is 0.674. The van der Waals surface area contributed by atoms with E-state index in [2.05, 4.69) is 10.3 Å². The van der Waals surface area contributed by atoms with E-state index in [1.807, 2.05) is 12.4 Å². The first-order valence-electron chi connectivity index (χ1n) is 5.18. The summed E-state index contributed by atoms with van der Waals surface area (Å²) in [5, 5.41) is 5.57. The highest BCUT2D eigenvalue weighted by Crippen LogP contribution is 2.34. The summed E-state index contributed by atoms with van der Waals surface area (Å²) in [5.41, 5.74) is 1.33. The van der Waals surface area contributed by atoms with E-state index in [9.17, 15) is 4.39 Å². The maximum atomic E-state index is 13.8. The van der Waals surface area contributed by atoms with Crippen molar-refractivity contribution >= 4 is 11.3 Å². The molecule has 0 aliphatic heterocycles. The number of halogens is 1. The Balaban J connectivity index is 2.44. The van der Waals surface area contributed by atoms with Crippen molar-refractivity contribution in [1.29, 1.82) is 0 Å². The van der Waals surface area contributed by atoms with Crippen molar-refractivity contribution in [1.82, 2.24) is 10.3 Å². The zero-order valence-electron chi connectivity index (χ0n) is 9.66. The van der Waals surface area contributed by atoms with Gasteiger partial charge in [0.1, 0.15) is 16.6 Å². The third-order valence-electron chi connectivity index (χ3n) is 2.32. The zero-order valence-corrected chi connectivity index (χ0v) is 10.5. The van der Waals surface area contributed by atoms with Gasteiger partial charge in [-0.05, 0) is 19.2 Å². The molecule has 1 N–H and O–H groups in total. The molecule has 1 aromatic heterocycles. The molecular weight excluding hydrogens is 239 g/mol. The number of hydrogen-bond acceptors (Lipinski definition) is 4. The minimum Gasteiger partial charge on any atom is -0.496 e. The molecule has 0 unspecified atom stereocenters. The molecule has 17 heavy (non-hydrogen) atoms. The number of thiazole rings is 1. The van der Waals surface area contributed by atoms with E-state index in [1.165, 1.54) is 24.5 Å². The van der Waals surface area contributed by atoms with E-state index in [0.717, 1.165) is 5.69 Å². The third-order valence-corrected chi connectivity index (χ3v) is 3.23. The highest BCUT2D eigenvalue weighted by atomic mass is 32.1. The monoisotopic (exact) mass is 252 g/mol. The van der Waals surface area contributed by atoms with Crippen molar-refractivity contribution in [2.24, 2.45) is 0 Å². The van der Waals surface area contributed by atoms with Gasteiger partial charge in [-0.2, -0.15) is 0 Å². The van der Waals surface area contributed by atoms with E-state index in [1.54, 1.807) is 12.1 Å². The summed E-state index contributed by atoms with van der Waals surface area (Å²) < 4.78 is 18.9. The van der Waals surface area contributed by atoms with Gasteiger partial charge in [-0.25, -0.2) is 9.37 Å². The molecule has 1 heterocycles. The first kappa shape index (κ1) is 12.0. The Kier molecular flexibility index (Phi) is 3.71. The van der Waals surface area contributed by atoms with Gasteiger partial charge >= 0.3 is 0 Å². The number of nitrogens with zero attached hydrogens (tertiary/aromatic N) is 1. The summed E-state index contributed by atoms with van der Waals surface area (Å²) >= 11 is 1.42. The second kappa shape index (κ2) is 5.25. The molecule has 0 spiro atoms. The molecule has 0 radical (unpaired) electrons. The van der Waals surface area contributed by atoms with Crippen molar-refractivity contribution < 1.29 is 9.13 Å². The van der Waals surface area contributed by atoms with Gasteiger partial charge in [0.25, 0.3) is 0 Å². The number of benzene rings is 1. The molecule has 5 heteroatoms. The Bertz CT molecular complexity index is 513. The lowest BCUT2D eigenvalue weighted by Crippen LogP contribution is -2.05. The van der Waals surface area contributed by atoms with Crippen LogP contribution in [0.3, 0.4) is 0 Å². The Morgan fingerprint density at radius 3 is 3.00 bits per heavy atom. The number of hydrogen-bond donors (Lipinski definition) is 1. The van der Waals surface area contributed by atoms with Crippen LogP contribution < -0.4 is 10.1 Å². The topological polar surface area (TPSA) is 34.1 Å². The Labute approximate surface area is 103 Å². The van der Waals surface area contributed by atoms with Crippen molar-refractivity contribution in [3.8, 4) is 16.3 Å². The fraction of sp³-hybridized carbons (Fsp3) is 0.250. The van der Waals surface area contributed by atoms with Gasteiger partial charge in [0, 0.05) is 11.9 Å². The maximum Gasteiger partial charge on any atom is 0.137 e. The van der Waals surface area contributed by atoms with E-state index in [-0.39, 0.29) is 5.82 Å². The summed E-state index contributed by atoms with van der Waals surface area (Å²) in [4.78, 5) is 4.38. The minimum atomic E-state index is -0.310. The van der Waals surface area contributed by atoms with Crippen LogP contribution >= 0.6 is 11.3 Å². The molecule has 90 valence electrons. The van der Waals surface area contributed by atoms with Crippen LogP contribution in [0.15, 0.2) is 23.6 Å². The second-order valence-corrected chi connectivity index (χ2v) is 4.35. The van der Waals surface area contributed by atoms with Gasteiger partial charge in [-0.1, -0.05) is 6.07 Å². The van der Waals surface area contributed by atoms with Gasteiger partial charge in [-0.3, -0.25) is 0 Å². The van der Waals surface area contributed by atoms with Gasteiger partial charge in [-0.15, -0.1) is 11.3 Å². The number of methoxy groups -OCH3 is 1. The molecule has 0 bridgehead atoms. The third kappa shape index (κ3) is 2.45. The van der Waals surface area contributed by atoms with Crippen LogP contribution in [0.5, 0.6) is 5.75 Å². The lowest BCUT2D eigenvalue weighted by molar-refractivity contribution is 0.413. The SMILES string of the molecule is CNCc1csc(-c2c(F)cccc2OC)n1. The standard InChI is InChI=1S/C12H13FN2OS/c1-14-6-8-7-17-12(15-8)11-9(13)4-3-5-10(11)16-2/h3-5,7,14H,6H2,1-2H3. The van der Waals surface area contributed by atoms with Crippen LogP contribution in [0, 0.1) is 5.82 Å². The van der Waals surface area contributed by atoms with E-state index in [4.69, 9.17) is 4.74 Å². The molecule has 2 aromatic rings. The van der Waals surface area contributed by atoms with Crippen molar-refractivity contribution in [3.63, 3.8) is 0 Å². The molecule has 0 aliphatic rings. The number of ether oxygens (including phenoxy) is 1.